The van der Waals surface area contributed by atoms with Gasteiger partial charge in [-0.2, -0.15) is 12.6 Å². The minimum Gasteiger partial charge on any atom is -0.411 e. The first-order chi connectivity index (χ1) is 14.8. The lowest BCUT2D eigenvalue weighted by molar-refractivity contribution is -0.0964. The second kappa shape index (κ2) is 11.5. The number of hydrogen-bond donors (Lipinski definition) is 2. The summed E-state index contributed by atoms with van der Waals surface area (Å²) in [5.41, 5.74) is 0. The minimum absolute atomic E-state index is 0.0168. The molecule has 1 rings (SSSR count). The summed E-state index contributed by atoms with van der Waals surface area (Å²) in [4.78, 5) is 0. The van der Waals surface area contributed by atoms with E-state index in [1.54, 1.807) is 0 Å². The second-order valence-electron chi connectivity index (χ2n) is 13.3. The Bertz CT molecular complexity index is 603. The van der Waals surface area contributed by atoms with Crippen molar-refractivity contribution in [3.63, 3.8) is 0 Å². The molecule has 1 saturated carbocycles. The number of aliphatic hydroxyl groups excluding tert-OH is 1. The maximum atomic E-state index is 10.4. The molecular formula is C25H56O4SSi3. The fourth-order valence-corrected chi connectivity index (χ4v) is 10.4. The van der Waals surface area contributed by atoms with Crippen molar-refractivity contribution < 1.29 is 18.4 Å². The highest BCUT2D eigenvalue weighted by molar-refractivity contribution is 7.81. The van der Waals surface area contributed by atoms with Crippen LogP contribution in [-0.4, -0.2) is 60.2 Å². The molecule has 0 heterocycles. The first-order valence-electron chi connectivity index (χ1n) is 13.1. The van der Waals surface area contributed by atoms with Crippen molar-refractivity contribution in [3.05, 3.63) is 0 Å². The van der Waals surface area contributed by atoms with Crippen molar-refractivity contribution >= 4 is 37.6 Å². The van der Waals surface area contributed by atoms with Crippen molar-refractivity contribution in [3.8, 4) is 0 Å². The van der Waals surface area contributed by atoms with Crippen LogP contribution >= 0.6 is 12.6 Å². The zero-order valence-electron chi connectivity index (χ0n) is 24.0. The van der Waals surface area contributed by atoms with Crippen LogP contribution in [-0.2, 0) is 13.3 Å². The molecule has 0 aromatic heterocycles. The first kappa shape index (κ1) is 31.9. The molecule has 0 saturated heterocycles. The molecule has 0 aliphatic heterocycles. The number of hydrogen-bond acceptors (Lipinski definition) is 5. The van der Waals surface area contributed by atoms with E-state index in [0.717, 1.165) is 24.6 Å². The first-order valence-corrected chi connectivity index (χ1v) is 22.0. The van der Waals surface area contributed by atoms with Gasteiger partial charge in [-0.15, -0.1) is 0 Å². The highest BCUT2D eigenvalue weighted by atomic mass is 32.1. The molecule has 0 bridgehead atoms. The molecule has 0 aromatic rings. The zero-order valence-corrected chi connectivity index (χ0v) is 27.9. The SMILES string of the molecule is CC[Si](CC)(CC)O[C@H]1[C@@H](O[Si](C)(C)C(C)(C)C)[C@H](S)C[C@H](CO)[C@@H]1O[Si](C)(C)C(C)(C)C. The maximum Gasteiger partial charge on any atom is 0.192 e. The third-order valence-corrected chi connectivity index (χ3v) is 23.2. The minimum atomic E-state index is -2.09. The van der Waals surface area contributed by atoms with Gasteiger partial charge in [0.2, 0.25) is 0 Å². The summed E-state index contributed by atoms with van der Waals surface area (Å²) in [6.45, 7) is 29.9. The van der Waals surface area contributed by atoms with Crippen molar-refractivity contribution in [2.75, 3.05) is 6.61 Å². The van der Waals surface area contributed by atoms with Gasteiger partial charge in [0.1, 0.15) is 0 Å². The van der Waals surface area contributed by atoms with E-state index >= 15 is 0 Å². The molecule has 0 aromatic carbocycles. The smallest absolute Gasteiger partial charge is 0.192 e. The predicted molar refractivity (Wildman–Crippen MR) is 154 cm³/mol. The molecule has 0 amide bonds. The number of aliphatic hydroxyl groups is 1. The van der Waals surface area contributed by atoms with Crippen LogP contribution in [0.5, 0.6) is 0 Å². The molecule has 198 valence electrons. The van der Waals surface area contributed by atoms with Crippen LogP contribution in [0.15, 0.2) is 0 Å². The van der Waals surface area contributed by atoms with Crippen LogP contribution in [0, 0.1) is 5.92 Å². The van der Waals surface area contributed by atoms with E-state index in [1.165, 1.54) is 0 Å². The third kappa shape index (κ3) is 7.43. The van der Waals surface area contributed by atoms with Crippen LogP contribution in [0.4, 0.5) is 0 Å². The highest BCUT2D eigenvalue weighted by Gasteiger charge is 2.53. The summed E-state index contributed by atoms with van der Waals surface area (Å²) in [7, 11) is -6.10. The van der Waals surface area contributed by atoms with E-state index in [1.807, 2.05) is 0 Å². The Hall–Kier alpha value is 0.841. The fourth-order valence-electron chi connectivity index (χ4n) is 4.20. The molecule has 1 aliphatic rings. The van der Waals surface area contributed by atoms with Gasteiger partial charge in [0.05, 0.1) is 18.3 Å². The molecule has 5 atom stereocenters. The fraction of sp³-hybridized carbons (Fsp3) is 1.00. The molecule has 4 nitrogen and oxygen atoms in total. The lowest BCUT2D eigenvalue weighted by atomic mass is 9.83. The standard InChI is InChI=1S/C25H56O4SSi3/c1-14-33(15-2,16-3)29-23-21(27-31(10,11)24(4,5)6)19(18-26)17-20(30)22(23)28-32(12,13)25(7,8)9/h19-23,26,30H,14-18H2,1-13H3/t19-,20-,21+,22+,23-/m1/s1. The second-order valence-corrected chi connectivity index (χ2v) is 28.2. The van der Waals surface area contributed by atoms with Crippen molar-refractivity contribution in [1.82, 2.24) is 0 Å². The molecular weight excluding hydrogens is 481 g/mol. The number of rotatable bonds is 10. The van der Waals surface area contributed by atoms with E-state index in [-0.39, 0.29) is 46.2 Å². The average molecular weight is 537 g/mol. The van der Waals surface area contributed by atoms with E-state index in [2.05, 4.69) is 88.5 Å². The van der Waals surface area contributed by atoms with Gasteiger partial charge in [0.15, 0.2) is 25.0 Å². The van der Waals surface area contributed by atoms with Crippen LogP contribution in [0.25, 0.3) is 0 Å². The summed E-state index contributed by atoms with van der Waals surface area (Å²) in [5.74, 6) is 0.0168. The molecule has 0 unspecified atom stereocenters. The lowest BCUT2D eigenvalue weighted by Gasteiger charge is -2.53. The molecule has 0 radical (unpaired) electrons. The monoisotopic (exact) mass is 536 g/mol. The normalized spacial score (nSPS) is 28.3. The van der Waals surface area contributed by atoms with E-state index in [0.29, 0.717) is 0 Å². The predicted octanol–water partition coefficient (Wildman–Crippen LogP) is 7.47. The third-order valence-electron chi connectivity index (χ3n) is 9.06. The Morgan fingerprint density at radius 2 is 1.12 bits per heavy atom. The Labute approximate surface area is 214 Å². The van der Waals surface area contributed by atoms with E-state index in [9.17, 15) is 5.11 Å². The quantitative estimate of drug-likeness (QED) is 0.224. The topological polar surface area (TPSA) is 47.9 Å². The Balaban J connectivity index is 3.58. The van der Waals surface area contributed by atoms with Gasteiger partial charge in [-0.3, -0.25) is 0 Å². The zero-order chi connectivity index (χ0) is 26.0. The molecule has 1 N–H and O–H groups in total. The van der Waals surface area contributed by atoms with Gasteiger partial charge in [-0.25, -0.2) is 0 Å². The largest absolute Gasteiger partial charge is 0.411 e. The summed E-state index contributed by atoms with van der Waals surface area (Å²) >= 11 is 5.06. The molecule has 1 aliphatic carbocycles. The molecule has 33 heavy (non-hydrogen) atoms. The lowest BCUT2D eigenvalue weighted by Crippen LogP contribution is -2.64. The van der Waals surface area contributed by atoms with E-state index < -0.39 is 25.0 Å². The Kier molecular flexibility index (Phi) is 11.1. The maximum absolute atomic E-state index is 10.4. The number of thiol groups is 1. The van der Waals surface area contributed by atoms with E-state index in [4.69, 9.17) is 25.9 Å². The van der Waals surface area contributed by atoms with Crippen LogP contribution in [0.2, 0.25) is 54.4 Å². The van der Waals surface area contributed by atoms with Gasteiger partial charge in [0, 0.05) is 17.8 Å². The van der Waals surface area contributed by atoms with Crippen molar-refractivity contribution in [2.45, 2.75) is 147 Å². The van der Waals surface area contributed by atoms with Crippen LogP contribution in [0.3, 0.4) is 0 Å². The Morgan fingerprint density at radius 1 is 0.727 bits per heavy atom. The Morgan fingerprint density at radius 3 is 1.45 bits per heavy atom. The van der Waals surface area contributed by atoms with Gasteiger partial charge in [-0.05, 0) is 60.8 Å². The summed E-state index contributed by atoms with van der Waals surface area (Å²) in [6.07, 6.45) is 0.318. The van der Waals surface area contributed by atoms with Crippen LogP contribution in [0.1, 0.15) is 68.7 Å². The van der Waals surface area contributed by atoms with Gasteiger partial charge < -0.3 is 18.4 Å². The molecule has 0 spiro atoms. The summed E-state index contributed by atoms with van der Waals surface area (Å²) < 4.78 is 21.4. The molecule has 1 fully saturated rings. The van der Waals surface area contributed by atoms with Gasteiger partial charge in [0.25, 0.3) is 0 Å². The highest BCUT2D eigenvalue weighted by Crippen LogP contribution is 2.46. The summed E-state index contributed by atoms with van der Waals surface area (Å²) in [6, 6.07) is 3.24. The van der Waals surface area contributed by atoms with Gasteiger partial charge >= 0.3 is 0 Å². The van der Waals surface area contributed by atoms with Crippen molar-refractivity contribution in [2.24, 2.45) is 5.92 Å². The van der Waals surface area contributed by atoms with Gasteiger partial charge in [-0.1, -0.05) is 62.3 Å². The average Bonchev–Trinajstić information content (AvgIpc) is 2.68. The van der Waals surface area contributed by atoms with Crippen molar-refractivity contribution in [1.29, 1.82) is 0 Å². The molecule has 8 heteroatoms. The summed E-state index contributed by atoms with van der Waals surface area (Å²) in [5, 5.41) is 10.6. The van der Waals surface area contributed by atoms with Crippen LogP contribution < -0.4 is 0 Å².